The molecule has 4 rings (SSSR count). The van der Waals surface area contributed by atoms with Crippen LogP contribution in [0, 0.1) is 23.2 Å². The van der Waals surface area contributed by atoms with Crippen LogP contribution in [-0.2, 0) is 11.3 Å². The van der Waals surface area contributed by atoms with Crippen LogP contribution in [0.4, 0.5) is 0 Å². The lowest BCUT2D eigenvalue weighted by Crippen LogP contribution is -2.62. The summed E-state index contributed by atoms with van der Waals surface area (Å²) in [6, 6.07) is 10.3. The van der Waals surface area contributed by atoms with Crippen molar-refractivity contribution in [3.63, 3.8) is 0 Å². The molecule has 3 fully saturated rings. The predicted octanol–water partition coefficient (Wildman–Crippen LogP) is 2.91. The van der Waals surface area contributed by atoms with E-state index in [1.807, 2.05) is 18.2 Å². The molecule has 3 nitrogen and oxygen atoms in total. The Bertz CT molecular complexity index is 497. The van der Waals surface area contributed by atoms with E-state index in [-0.39, 0.29) is 17.4 Å². The first-order valence-electron chi connectivity index (χ1n) is 7.50. The Hall–Kier alpha value is -1.35. The maximum atomic E-state index is 11.7. The lowest BCUT2D eigenvalue weighted by atomic mass is 9.44. The number of rotatable bonds is 4. The molecule has 20 heavy (non-hydrogen) atoms. The van der Waals surface area contributed by atoms with Crippen LogP contribution in [0.2, 0.25) is 0 Å². The number of fused-ring (bicyclic) bond motifs is 2. The zero-order valence-electron chi connectivity index (χ0n) is 12.2. The maximum absolute atomic E-state index is 11.7. The molecule has 1 aromatic rings. The molecule has 0 aromatic heterocycles. The van der Waals surface area contributed by atoms with Crippen molar-refractivity contribution >= 4 is 5.97 Å². The van der Waals surface area contributed by atoms with E-state index in [0.717, 1.165) is 19.4 Å². The topological polar surface area (TPSA) is 49.3 Å². The van der Waals surface area contributed by atoms with E-state index in [0.29, 0.717) is 11.8 Å². The van der Waals surface area contributed by atoms with Crippen molar-refractivity contribution in [1.29, 1.82) is 0 Å². The van der Waals surface area contributed by atoms with Gasteiger partial charge in [-0.05, 0) is 35.7 Å². The molecule has 0 aliphatic heterocycles. The van der Waals surface area contributed by atoms with E-state index in [9.17, 15) is 9.90 Å². The third-order valence-corrected chi connectivity index (χ3v) is 5.65. The van der Waals surface area contributed by atoms with Crippen LogP contribution in [0.3, 0.4) is 0 Å². The van der Waals surface area contributed by atoms with Crippen molar-refractivity contribution in [2.24, 2.45) is 23.2 Å². The minimum Gasteiger partial charge on any atom is -0.481 e. The first-order valence-corrected chi connectivity index (χ1v) is 7.50. The first kappa shape index (κ1) is 13.6. The molecule has 108 valence electrons. The van der Waals surface area contributed by atoms with Gasteiger partial charge in [-0.1, -0.05) is 44.2 Å². The highest BCUT2D eigenvalue weighted by molar-refractivity contribution is 5.72. The second kappa shape index (κ2) is 4.88. The van der Waals surface area contributed by atoms with Gasteiger partial charge in [-0.15, -0.1) is 0 Å². The average Bonchev–Trinajstić information content (AvgIpc) is 2.45. The molecule has 0 radical (unpaired) electrons. The smallest absolute Gasteiger partial charge is 0.308 e. The highest BCUT2D eigenvalue weighted by atomic mass is 16.4. The number of carboxylic acid groups (broad SMARTS) is 1. The van der Waals surface area contributed by atoms with Gasteiger partial charge in [0.25, 0.3) is 0 Å². The summed E-state index contributed by atoms with van der Waals surface area (Å²) in [6.45, 7) is 5.22. The second-order valence-electron chi connectivity index (χ2n) is 6.93. The van der Waals surface area contributed by atoms with Crippen LogP contribution in [0.25, 0.3) is 0 Å². The summed E-state index contributed by atoms with van der Waals surface area (Å²) >= 11 is 0. The van der Waals surface area contributed by atoms with Gasteiger partial charge in [-0.3, -0.25) is 4.79 Å². The number of carbonyl (C=O) groups is 1. The number of nitrogens with one attached hydrogen (secondary N) is 1. The van der Waals surface area contributed by atoms with Gasteiger partial charge in [0.2, 0.25) is 0 Å². The van der Waals surface area contributed by atoms with Gasteiger partial charge in [0.1, 0.15) is 0 Å². The van der Waals surface area contributed by atoms with E-state index >= 15 is 0 Å². The predicted molar refractivity (Wildman–Crippen MR) is 78.2 cm³/mol. The largest absolute Gasteiger partial charge is 0.481 e. The third-order valence-electron chi connectivity index (χ3n) is 5.65. The number of benzene rings is 1. The van der Waals surface area contributed by atoms with Gasteiger partial charge in [0, 0.05) is 12.6 Å². The minimum atomic E-state index is -0.633. The molecule has 4 atom stereocenters. The van der Waals surface area contributed by atoms with E-state index in [2.05, 4.69) is 31.3 Å². The van der Waals surface area contributed by atoms with Crippen molar-refractivity contribution in [3.8, 4) is 0 Å². The van der Waals surface area contributed by atoms with Crippen molar-refractivity contribution in [2.75, 3.05) is 0 Å². The summed E-state index contributed by atoms with van der Waals surface area (Å²) in [7, 11) is 0. The van der Waals surface area contributed by atoms with Gasteiger partial charge < -0.3 is 10.4 Å². The maximum Gasteiger partial charge on any atom is 0.308 e. The first-order chi connectivity index (χ1) is 9.50. The summed E-state index contributed by atoms with van der Waals surface area (Å²) in [5.41, 5.74) is 1.42. The van der Waals surface area contributed by atoms with Gasteiger partial charge >= 0.3 is 5.97 Å². The van der Waals surface area contributed by atoms with E-state index < -0.39 is 5.97 Å². The SMILES string of the molecule is CC1(C)[C@H]2C[C@H](NCc3ccccc3)[C@@H](C(=O)O)[C@@H]1C2. The Labute approximate surface area is 120 Å². The van der Waals surface area contributed by atoms with Gasteiger partial charge in [-0.2, -0.15) is 0 Å². The van der Waals surface area contributed by atoms with Crippen LogP contribution < -0.4 is 5.32 Å². The molecule has 3 aliphatic carbocycles. The van der Waals surface area contributed by atoms with E-state index in [4.69, 9.17) is 0 Å². The molecule has 2 bridgehead atoms. The normalized spacial score (nSPS) is 34.3. The molecule has 3 aliphatic rings. The van der Waals surface area contributed by atoms with Gasteiger partial charge in [0.15, 0.2) is 0 Å². The fourth-order valence-corrected chi connectivity index (χ4v) is 4.20. The number of hydrogen-bond acceptors (Lipinski definition) is 2. The van der Waals surface area contributed by atoms with Crippen molar-refractivity contribution < 1.29 is 9.90 Å². The molecule has 0 amide bonds. The summed E-state index contributed by atoms with van der Waals surface area (Å²) in [5, 5.41) is 13.1. The lowest BCUT2D eigenvalue weighted by Gasteiger charge is -2.61. The summed E-state index contributed by atoms with van der Waals surface area (Å²) in [4.78, 5) is 11.7. The highest BCUT2D eigenvalue weighted by Gasteiger charge is 2.59. The van der Waals surface area contributed by atoms with Crippen LogP contribution in [0.1, 0.15) is 32.3 Å². The van der Waals surface area contributed by atoms with E-state index in [1.165, 1.54) is 5.56 Å². The summed E-state index contributed by atoms with van der Waals surface area (Å²) in [5.74, 6) is 0.133. The molecule has 3 saturated carbocycles. The summed E-state index contributed by atoms with van der Waals surface area (Å²) in [6.07, 6.45) is 2.08. The molecular weight excluding hydrogens is 250 g/mol. The number of aliphatic carboxylic acids is 1. The number of carboxylic acids is 1. The van der Waals surface area contributed by atoms with Crippen LogP contribution in [0.5, 0.6) is 0 Å². The quantitative estimate of drug-likeness (QED) is 0.887. The zero-order valence-corrected chi connectivity index (χ0v) is 12.2. The second-order valence-corrected chi connectivity index (χ2v) is 6.93. The molecule has 0 unspecified atom stereocenters. The van der Waals surface area contributed by atoms with Crippen molar-refractivity contribution in [1.82, 2.24) is 5.32 Å². The van der Waals surface area contributed by atoms with E-state index in [1.54, 1.807) is 0 Å². The average molecular weight is 273 g/mol. The zero-order chi connectivity index (χ0) is 14.3. The van der Waals surface area contributed by atoms with Crippen molar-refractivity contribution in [2.45, 2.75) is 39.3 Å². The minimum absolute atomic E-state index is 0.115. The molecule has 2 N–H and O–H groups in total. The molecule has 1 aromatic carbocycles. The monoisotopic (exact) mass is 273 g/mol. The fourth-order valence-electron chi connectivity index (χ4n) is 4.20. The van der Waals surface area contributed by atoms with Crippen LogP contribution >= 0.6 is 0 Å². The Morgan fingerprint density at radius 1 is 1.30 bits per heavy atom. The molecule has 0 heterocycles. The number of hydrogen-bond donors (Lipinski definition) is 2. The third kappa shape index (κ3) is 2.14. The molecular formula is C17H23NO2. The van der Waals surface area contributed by atoms with Crippen LogP contribution in [0.15, 0.2) is 30.3 Å². The Kier molecular flexibility index (Phi) is 3.33. The van der Waals surface area contributed by atoms with Crippen LogP contribution in [-0.4, -0.2) is 17.1 Å². The molecule has 3 heteroatoms. The summed E-state index contributed by atoms with van der Waals surface area (Å²) < 4.78 is 0. The van der Waals surface area contributed by atoms with Gasteiger partial charge in [0.05, 0.1) is 5.92 Å². The fraction of sp³-hybridized carbons (Fsp3) is 0.588. The lowest BCUT2D eigenvalue weighted by molar-refractivity contribution is -0.169. The molecule has 0 spiro atoms. The standard InChI is InChI=1S/C17H23NO2/c1-17(2)12-8-13(17)15(16(19)20)14(9-12)18-10-11-6-4-3-5-7-11/h3-7,12-15,18H,8-10H2,1-2H3,(H,19,20)/t12-,13+,14+,15+/m1/s1. The van der Waals surface area contributed by atoms with Gasteiger partial charge in [-0.25, -0.2) is 0 Å². The molecule has 0 saturated heterocycles. The van der Waals surface area contributed by atoms with Crippen molar-refractivity contribution in [3.05, 3.63) is 35.9 Å². The Balaban J connectivity index is 1.69. The Morgan fingerprint density at radius 2 is 2.00 bits per heavy atom. The highest BCUT2D eigenvalue weighted by Crippen LogP contribution is 2.61. The Morgan fingerprint density at radius 3 is 2.60 bits per heavy atom.